The number of hydrogen-bond donors (Lipinski definition) is 1. The maximum absolute atomic E-state index is 5.36. The third kappa shape index (κ3) is 4.03. The van der Waals surface area contributed by atoms with E-state index in [0.29, 0.717) is 6.54 Å². The summed E-state index contributed by atoms with van der Waals surface area (Å²) in [6.45, 7) is 0.404. The summed E-state index contributed by atoms with van der Waals surface area (Å²) in [5.74, 6) is 7.76. The molecule has 2 nitrogen and oxygen atoms in total. The third-order valence-electron chi connectivity index (χ3n) is 2.43. The second-order valence-corrected chi connectivity index (χ2v) is 5.76. The van der Waals surface area contributed by atoms with Gasteiger partial charge in [-0.1, -0.05) is 24.0 Å². The number of rotatable bonds is 4. The van der Waals surface area contributed by atoms with E-state index in [2.05, 4.69) is 29.4 Å². The van der Waals surface area contributed by atoms with Gasteiger partial charge in [0.25, 0.3) is 0 Å². The molecular formula is C15H15NOS2. The molecule has 98 valence electrons. The van der Waals surface area contributed by atoms with Crippen LogP contribution in [0.1, 0.15) is 10.4 Å². The fraction of sp³-hybridized carbons (Fsp3) is 0.200. The number of thiophene rings is 1. The maximum atomic E-state index is 5.36. The van der Waals surface area contributed by atoms with E-state index in [9.17, 15) is 0 Å². The highest BCUT2D eigenvalue weighted by atomic mass is 32.2. The van der Waals surface area contributed by atoms with Crippen molar-refractivity contribution in [3.05, 3.63) is 46.2 Å². The molecule has 0 amide bonds. The summed E-state index contributed by atoms with van der Waals surface area (Å²) in [5.41, 5.74) is 6.41. The minimum Gasteiger partial charge on any atom is -0.496 e. The summed E-state index contributed by atoms with van der Waals surface area (Å²) in [6, 6.07) is 10.2. The molecule has 1 aromatic heterocycles. The smallest absolute Gasteiger partial charge is 0.132 e. The molecule has 0 radical (unpaired) electrons. The lowest BCUT2D eigenvalue weighted by atomic mass is 10.3. The minimum atomic E-state index is 0.404. The van der Waals surface area contributed by atoms with Crippen LogP contribution in [0, 0.1) is 11.8 Å². The van der Waals surface area contributed by atoms with Gasteiger partial charge < -0.3 is 10.5 Å². The molecule has 1 aromatic carbocycles. The van der Waals surface area contributed by atoms with E-state index in [1.165, 1.54) is 4.88 Å². The third-order valence-corrected chi connectivity index (χ3v) is 4.65. The lowest BCUT2D eigenvalue weighted by Gasteiger charge is -2.06. The van der Waals surface area contributed by atoms with Gasteiger partial charge in [-0.2, -0.15) is 0 Å². The van der Waals surface area contributed by atoms with Gasteiger partial charge in [0.15, 0.2) is 0 Å². The molecule has 1 heterocycles. The van der Waals surface area contributed by atoms with Gasteiger partial charge in [0.2, 0.25) is 0 Å². The SMILES string of the molecule is COc1ccccc1SCc1cc(C#CCN)cs1. The summed E-state index contributed by atoms with van der Waals surface area (Å²) in [4.78, 5) is 2.46. The standard InChI is InChI=1S/C15H15NOS2/c1-17-14-6-2-3-7-15(14)19-11-13-9-12(10-18-13)5-4-8-16/h2-3,6-7,9-10H,8,11,16H2,1H3. The molecule has 2 rings (SSSR count). The molecule has 0 aliphatic heterocycles. The molecule has 0 saturated carbocycles. The topological polar surface area (TPSA) is 35.2 Å². The van der Waals surface area contributed by atoms with Crippen molar-refractivity contribution >= 4 is 23.1 Å². The Hall–Kier alpha value is -1.41. The first kappa shape index (κ1) is 14.0. The Labute approximate surface area is 122 Å². The van der Waals surface area contributed by atoms with E-state index in [4.69, 9.17) is 10.5 Å². The number of methoxy groups -OCH3 is 1. The van der Waals surface area contributed by atoms with Crippen LogP contribution in [0.15, 0.2) is 40.6 Å². The summed E-state index contributed by atoms with van der Waals surface area (Å²) in [6.07, 6.45) is 0. The van der Waals surface area contributed by atoms with E-state index in [1.54, 1.807) is 30.2 Å². The number of para-hydroxylation sites is 1. The minimum absolute atomic E-state index is 0.404. The van der Waals surface area contributed by atoms with Crippen LogP contribution in [0.4, 0.5) is 0 Å². The van der Waals surface area contributed by atoms with E-state index < -0.39 is 0 Å². The van der Waals surface area contributed by atoms with Crippen molar-refractivity contribution in [1.29, 1.82) is 0 Å². The van der Waals surface area contributed by atoms with Crippen molar-refractivity contribution in [3.8, 4) is 17.6 Å². The van der Waals surface area contributed by atoms with E-state index in [0.717, 1.165) is 22.0 Å². The average Bonchev–Trinajstić information content (AvgIpc) is 2.91. The Morgan fingerprint density at radius 2 is 2.21 bits per heavy atom. The molecule has 0 bridgehead atoms. The molecule has 0 aliphatic rings. The highest BCUT2D eigenvalue weighted by molar-refractivity contribution is 7.98. The predicted octanol–water partition coefficient (Wildman–Crippen LogP) is 3.36. The van der Waals surface area contributed by atoms with Gasteiger partial charge in [0, 0.05) is 26.5 Å². The first-order valence-corrected chi connectivity index (χ1v) is 7.72. The van der Waals surface area contributed by atoms with Crippen LogP contribution in [0.2, 0.25) is 0 Å². The van der Waals surface area contributed by atoms with E-state index in [1.807, 2.05) is 18.2 Å². The number of thioether (sulfide) groups is 1. The zero-order chi connectivity index (χ0) is 13.5. The number of hydrogen-bond acceptors (Lipinski definition) is 4. The molecule has 0 aliphatic carbocycles. The van der Waals surface area contributed by atoms with Gasteiger partial charge >= 0.3 is 0 Å². The zero-order valence-corrected chi connectivity index (χ0v) is 12.3. The Bertz CT molecular complexity index is 595. The first-order valence-electron chi connectivity index (χ1n) is 5.85. The summed E-state index contributed by atoms with van der Waals surface area (Å²) < 4.78 is 5.34. The normalized spacial score (nSPS) is 9.79. The molecule has 0 unspecified atom stereocenters. The number of benzene rings is 1. The van der Waals surface area contributed by atoms with Gasteiger partial charge in [-0.15, -0.1) is 23.1 Å². The fourth-order valence-electron chi connectivity index (χ4n) is 1.56. The Kier molecular flexibility index (Phi) is 5.34. The number of ether oxygens (including phenoxy) is 1. The van der Waals surface area contributed by atoms with Gasteiger partial charge in [-0.05, 0) is 18.2 Å². The largest absolute Gasteiger partial charge is 0.496 e. The Morgan fingerprint density at radius 1 is 1.37 bits per heavy atom. The highest BCUT2D eigenvalue weighted by Gasteiger charge is 2.04. The number of nitrogens with two attached hydrogens (primary N) is 1. The summed E-state index contributed by atoms with van der Waals surface area (Å²) in [7, 11) is 1.70. The molecular weight excluding hydrogens is 274 g/mol. The zero-order valence-electron chi connectivity index (χ0n) is 10.7. The van der Waals surface area contributed by atoms with Crippen LogP contribution in [0.5, 0.6) is 5.75 Å². The second kappa shape index (κ2) is 7.25. The van der Waals surface area contributed by atoms with Gasteiger partial charge in [0.1, 0.15) is 5.75 Å². The molecule has 0 fully saturated rings. The molecule has 4 heteroatoms. The lowest BCUT2D eigenvalue weighted by Crippen LogP contribution is -1.92. The van der Waals surface area contributed by atoms with Gasteiger partial charge in [0.05, 0.1) is 13.7 Å². The van der Waals surface area contributed by atoms with E-state index >= 15 is 0 Å². The highest BCUT2D eigenvalue weighted by Crippen LogP contribution is 2.32. The molecule has 19 heavy (non-hydrogen) atoms. The fourth-order valence-corrected chi connectivity index (χ4v) is 3.46. The van der Waals surface area contributed by atoms with Crippen LogP contribution < -0.4 is 10.5 Å². The van der Waals surface area contributed by atoms with Crippen molar-refractivity contribution in [2.45, 2.75) is 10.6 Å². The monoisotopic (exact) mass is 289 g/mol. The van der Waals surface area contributed by atoms with Gasteiger partial charge in [-0.3, -0.25) is 0 Å². The molecule has 0 atom stereocenters. The first-order chi connectivity index (χ1) is 9.33. The van der Waals surface area contributed by atoms with Crippen molar-refractivity contribution < 1.29 is 4.74 Å². The van der Waals surface area contributed by atoms with Crippen LogP contribution >= 0.6 is 23.1 Å². The molecule has 0 spiro atoms. The maximum Gasteiger partial charge on any atom is 0.132 e. The summed E-state index contributed by atoms with van der Waals surface area (Å²) in [5, 5.41) is 2.07. The van der Waals surface area contributed by atoms with Crippen LogP contribution in [-0.2, 0) is 5.75 Å². The second-order valence-electron chi connectivity index (χ2n) is 3.75. The Balaban J connectivity index is 2.00. The van der Waals surface area contributed by atoms with Crippen molar-refractivity contribution in [2.24, 2.45) is 5.73 Å². The summed E-state index contributed by atoms with van der Waals surface area (Å²) >= 11 is 3.50. The lowest BCUT2D eigenvalue weighted by molar-refractivity contribution is 0.405. The predicted molar refractivity (Wildman–Crippen MR) is 82.8 cm³/mol. The molecule has 2 N–H and O–H groups in total. The van der Waals surface area contributed by atoms with Gasteiger partial charge in [-0.25, -0.2) is 0 Å². The van der Waals surface area contributed by atoms with Crippen LogP contribution in [-0.4, -0.2) is 13.7 Å². The average molecular weight is 289 g/mol. The van der Waals surface area contributed by atoms with E-state index in [-0.39, 0.29) is 0 Å². The quantitative estimate of drug-likeness (QED) is 0.692. The van der Waals surface area contributed by atoms with Crippen LogP contribution in [0.25, 0.3) is 0 Å². The van der Waals surface area contributed by atoms with Crippen molar-refractivity contribution in [2.75, 3.05) is 13.7 Å². The van der Waals surface area contributed by atoms with Crippen LogP contribution in [0.3, 0.4) is 0 Å². The molecule has 2 aromatic rings. The Morgan fingerprint density at radius 3 is 3.00 bits per heavy atom. The molecule has 0 saturated heterocycles. The van der Waals surface area contributed by atoms with Crippen molar-refractivity contribution in [1.82, 2.24) is 0 Å². The van der Waals surface area contributed by atoms with Crippen molar-refractivity contribution in [3.63, 3.8) is 0 Å².